The van der Waals surface area contributed by atoms with Gasteiger partial charge in [-0.3, -0.25) is 0 Å². The van der Waals surface area contributed by atoms with Gasteiger partial charge >= 0.3 is 6.03 Å². The van der Waals surface area contributed by atoms with Crippen molar-refractivity contribution < 1.29 is 9.53 Å². The van der Waals surface area contributed by atoms with E-state index in [9.17, 15) is 4.79 Å². The number of hydrogen-bond acceptors (Lipinski definition) is 2. The molecule has 2 rings (SSSR count). The number of rotatable bonds is 4. The van der Waals surface area contributed by atoms with E-state index in [-0.39, 0.29) is 6.03 Å². The van der Waals surface area contributed by atoms with Gasteiger partial charge in [0.2, 0.25) is 0 Å². The molecule has 0 spiro atoms. The van der Waals surface area contributed by atoms with E-state index in [0.717, 1.165) is 24.2 Å². The van der Waals surface area contributed by atoms with Crippen LogP contribution in [0.1, 0.15) is 37.7 Å². The molecule has 4 heteroatoms. The SMILES string of the molecule is COc1cccc(/C=C/NC(=O)NC2CCCCC2)c1. The standard InChI is InChI=1S/C16H22N2O2/c1-20-15-9-5-6-13(12-15)10-11-17-16(19)18-14-7-3-2-4-8-14/h5-6,9-12,14H,2-4,7-8H2,1H3,(H2,17,18,19)/b11-10+. The Bertz CT molecular complexity index is 465. The first-order valence-electron chi connectivity index (χ1n) is 7.15. The lowest BCUT2D eigenvalue weighted by Crippen LogP contribution is -2.40. The van der Waals surface area contributed by atoms with Gasteiger partial charge in [-0.15, -0.1) is 0 Å². The summed E-state index contributed by atoms with van der Waals surface area (Å²) in [5.74, 6) is 0.804. The van der Waals surface area contributed by atoms with Crippen LogP contribution in [0.3, 0.4) is 0 Å². The van der Waals surface area contributed by atoms with Gasteiger partial charge in [0.1, 0.15) is 5.75 Å². The zero-order valence-electron chi connectivity index (χ0n) is 11.9. The average Bonchev–Trinajstić information content (AvgIpc) is 2.48. The van der Waals surface area contributed by atoms with E-state index in [1.165, 1.54) is 19.3 Å². The second-order valence-electron chi connectivity index (χ2n) is 5.06. The van der Waals surface area contributed by atoms with E-state index in [2.05, 4.69) is 10.6 Å². The molecule has 1 saturated carbocycles. The van der Waals surface area contributed by atoms with Crippen LogP contribution in [0.4, 0.5) is 4.79 Å². The molecule has 0 radical (unpaired) electrons. The Morgan fingerprint density at radius 3 is 2.85 bits per heavy atom. The summed E-state index contributed by atoms with van der Waals surface area (Å²) in [5, 5.41) is 5.75. The molecule has 4 nitrogen and oxygen atoms in total. The normalized spacial score (nSPS) is 16.1. The van der Waals surface area contributed by atoms with Crippen LogP contribution >= 0.6 is 0 Å². The predicted molar refractivity (Wildman–Crippen MR) is 80.6 cm³/mol. The summed E-state index contributed by atoms with van der Waals surface area (Å²) in [5.41, 5.74) is 0.988. The number of carbonyl (C=O) groups is 1. The van der Waals surface area contributed by atoms with Crippen LogP contribution in [0, 0.1) is 0 Å². The van der Waals surface area contributed by atoms with Gasteiger partial charge in [0.05, 0.1) is 7.11 Å². The monoisotopic (exact) mass is 274 g/mol. The van der Waals surface area contributed by atoms with Gasteiger partial charge in [-0.2, -0.15) is 0 Å². The molecule has 0 atom stereocenters. The summed E-state index contributed by atoms with van der Waals surface area (Å²) in [4.78, 5) is 11.7. The summed E-state index contributed by atoms with van der Waals surface area (Å²) >= 11 is 0. The fraction of sp³-hybridized carbons (Fsp3) is 0.438. The van der Waals surface area contributed by atoms with Crippen molar-refractivity contribution >= 4 is 12.1 Å². The minimum Gasteiger partial charge on any atom is -0.497 e. The molecule has 1 aliphatic carbocycles. The summed E-state index contributed by atoms with van der Waals surface area (Å²) in [6.07, 6.45) is 9.40. The van der Waals surface area contributed by atoms with E-state index < -0.39 is 0 Å². The fourth-order valence-corrected chi connectivity index (χ4v) is 2.43. The Balaban J connectivity index is 1.78. The number of ether oxygens (including phenoxy) is 1. The van der Waals surface area contributed by atoms with Crippen molar-refractivity contribution in [1.29, 1.82) is 0 Å². The molecule has 0 aliphatic heterocycles. The molecule has 1 aromatic rings. The smallest absolute Gasteiger partial charge is 0.318 e. The van der Waals surface area contributed by atoms with Crippen molar-refractivity contribution in [1.82, 2.24) is 10.6 Å². The minimum atomic E-state index is -0.129. The Morgan fingerprint density at radius 2 is 2.10 bits per heavy atom. The third kappa shape index (κ3) is 4.61. The first kappa shape index (κ1) is 14.4. The van der Waals surface area contributed by atoms with Gasteiger partial charge in [0.25, 0.3) is 0 Å². The molecule has 1 fully saturated rings. The van der Waals surface area contributed by atoms with Crippen LogP contribution < -0.4 is 15.4 Å². The largest absolute Gasteiger partial charge is 0.497 e. The second kappa shape index (κ2) is 7.58. The number of hydrogen-bond donors (Lipinski definition) is 2. The molecule has 1 aromatic carbocycles. The number of benzene rings is 1. The van der Waals surface area contributed by atoms with E-state index in [4.69, 9.17) is 4.74 Å². The highest BCUT2D eigenvalue weighted by atomic mass is 16.5. The maximum absolute atomic E-state index is 11.7. The highest BCUT2D eigenvalue weighted by Gasteiger charge is 2.14. The first-order chi connectivity index (χ1) is 9.78. The minimum absolute atomic E-state index is 0.129. The molecule has 0 aromatic heterocycles. The van der Waals surface area contributed by atoms with Crippen molar-refractivity contribution in [2.75, 3.05) is 7.11 Å². The quantitative estimate of drug-likeness (QED) is 0.885. The summed E-state index contributed by atoms with van der Waals surface area (Å²) in [6.45, 7) is 0. The zero-order valence-corrected chi connectivity index (χ0v) is 11.9. The lowest BCUT2D eigenvalue weighted by Gasteiger charge is -2.22. The highest BCUT2D eigenvalue weighted by molar-refractivity contribution is 5.76. The number of urea groups is 1. The first-order valence-corrected chi connectivity index (χ1v) is 7.15. The molecule has 2 N–H and O–H groups in total. The van der Waals surface area contributed by atoms with Crippen LogP contribution in [0.5, 0.6) is 5.75 Å². The molecule has 1 aliphatic rings. The fourth-order valence-electron chi connectivity index (χ4n) is 2.43. The van der Waals surface area contributed by atoms with Crippen LogP contribution in [-0.2, 0) is 0 Å². The molecule has 20 heavy (non-hydrogen) atoms. The molecular weight excluding hydrogens is 252 g/mol. The Morgan fingerprint density at radius 1 is 1.30 bits per heavy atom. The lowest BCUT2D eigenvalue weighted by molar-refractivity contribution is 0.236. The Kier molecular flexibility index (Phi) is 5.47. The zero-order chi connectivity index (χ0) is 14.2. The number of amides is 2. The van der Waals surface area contributed by atoms with Crippen LogP contribution in [0.25, 0.3) is 6.08 Å². The summed E-state index contributed by atoms with van der Waals surface area (Å²) in [7, 11) is 1.64. The van der Waals surface area contributed by atoms with Crippen LogP contribution in [0.2, 0.25) is 0 Å². The van der Waals surface area contributed by atoms with Gasteiger partial charge in [0, 0.05) is 12.2 Å². The van der Waals surface area contributed by atoms with Crippen molar-refractivity contribution in [2.45, 2.75) is 38.1 Å². The van der Waals surface area contributed by atoms with Gasteiger partial charge < -0.3 is 15.4 Å². The Labute approximate surface area is 120 Å². The third-order valence-electron chi connectivity index (χ3n) is 3.52. The number of nitrogens with one attached hydrogen (secondary N) is 2. The third-order valence-corrected chi connectivity index (χ3v) is 3.52. The maximum atomic E-state index is 11.7. The molecule has 0 unspecified atom stereocenters. The van der Waals surface area contributed by atoms with E-state index in [0.29, 0.717) is 6.04 Å². The van der Waals surface area contributed by atoms with Crippen molar-refractivity contribution in [2.24, 2.45) is 0 Å². The lowest BCUT2D eigenvalue weighted by atomic mass is 9.96. The second-order valence-corrected chi connectivity index (χ2v) is 5.06. The highest BCUT2D eigenvalue weighted by Crippen LogP contribution is 2.17. The average molecular weight is 274 g/mol. The van der Waals surface area contributed by atoms with Crippen LogP contribution in [0.15, 0.2) is 30.5 Å². The van der Waals surface area contributed by atoms with Crippen molar-refractivity contribution in [3.8, 4) is 5.75 Å². The predicted octanol–water partition coefficient (Wildman–Crippen LogP) is 3.30. The van der Waals surface area contributed by atoms with Crippen molar-refractivity contribution in [3.05, 3.63) is 36.0 Å². The van der Waals surface area contributed by atoms with E-state index in [1.54, 1.807) is 13.3 Å². The molecule has 108 valence electrons. The topological polar surface area (TPSA) is 50.4 Å². The van der Waals surface area contributed by atoms with E-state index >= 15 is 0 Å². The van der Waals surface area contributed by atoms with Crippen molar-refractivity contribution in [3.63, 3.8) is 0 Å². The summed E-state index contributed by atoms with van der Waals surface area (Å²) < 4.78 is 5.15. The van der Waals surface area contributed by atoms with Gasteiger partial charge in [0.15, 0.2) is 0 Å². The van der Waals surface area contributed by atoms with Crippen LogP contribution in [-0.4, -0.2) is 19.2 Å². The van der Waals surface area contributed by atoms with Gasteiger partial charge in [-0.1, -0.05) is 31.4 Å². The maximum Gasteiger partial charge on any atom is 0.318 e. The van der Waals surface area contributed by atoms with E-state index in [1.807, 2.05) is 30.3 Å². The van der Waals surface area contributed by atoms with Gasteiger partial charge in [-0.05, 0) is 36.6 Å². The van der Waals surface area contributed by atoms with Gasteiger partial charge in [-0.25, -0.2) is 4.79 Å². The number of methoxy groups -OCH3 is 1. The molecule has 0 bridgehead atoms. The number of carbonyl (C=O) groups excluding carboxylic acids is 1. The molecular formula is C16H22N2O2. The molecule has 0 saturated heterocycles. The molecule has 2 amide bonds. The molecule has 0 heterocycles. The summed E-state index contributed by atoms with van der Waals surface area (Å²) in [6, 6.07) is 7.88. The Hall–Kier alpha value is -1.97.